The molecule has 0 aliphatic carbocycles. The number of nitrogens with two attached hydrogens (primary N) is 1. The summed E-state index contributed by atoms with van der Waals surface area (Å²) in [5.74, 6) is 0. The Balaban J connectivity index is 2.34. The van der Waals surface area contributed by atoms with Crippen LogP contribution in [0.25, 0.3) is 0 Å². The molecule has 1 aliphatic rings. The number of hydrogen-bond donors (Lipinski definition) is 2. The third kappa shape index (κ3) is 3.39. The van der Waals surface area contributed by atoms with Crippen molar-refractivity contribution in [3.63, 3.8) is 0 Å². The average Bonchev–Trinajstić information content (AvgIpc) is 2.35. The van der Waals surface area contributed by atoms with E-state index in [0.717, 1.165) is 11.1 Å². The number of aryl methyl sites for hydroxylation is 2. The highest BCUT2D eigenvalue weighted by atomic mass is 32.2. The molecule has 1 aliphatic heterocycles. The van der Waals surface area contributed by atoms with E-state index >= 15 is 0 Å². The van der Waals surface area contributed by atoms with E-state index in [0.29, 0.717) is 35.6 Å². The summed E-state index contributed by atoms with van der Waals surface area (Å²) >= 11 is 0. The fourth-order valence-corrected chi connectivity index (χ4v) is 4.75. The Morgan fingerprint density at radius 3 is 2.57 bits per heavy atom. The molecule has 2 rings (SSSR count). The van der Waals surface area contributed by atoms with Crippen LogP contribution in [0, 0.1) is 20.8 Å². The Hall–Kier alpha value is -1.11. The van der Waals surface area contributed by atoms with E-state index < -0.39 is 10.0 Å². The van der Waals surface area contributed by atoms with Crippen LogP contribution in [0.15, 0.2) is 11.0 Å². The minimum absolute atomic E-state index is 0.0803. The van der Waals surface area contributed by atoms with Crippen molar-refractivity contribution in [1.82, 2.24) is 4.72 Å². The number of nitrogen functional groups attached to an aromatic ring is 1. The first-order valence-corrected chi connectivity index (χ1v) is 8.71. The van der Waals surface area contributed by atoms with Crippen LogP contribution in [-0.2, 0) is 14.8 Å². The number of sulfonamides is 1. The van der Waals surface area contributed by atoms with Gasteiger partial charge in [0.2, 0.25) is 10.0 Å². The summed E-state index contributed by atoms with van der Waals surface area (Å²) in [4.78, 5) is 0.310. The summed E-state index contributed by atoms with van der Waals surface area (Å²) in [5.41, 5.74) is 8.79. The Labute approximate surface area is 126 Å². The zero-order chi connectivity index (χ0) is 15.8. The maximum Gasteiger partial charge on any atom is 0.241 e. The monoisotopic (exact) mass is 312 g/mol. The predicted octanol–water partition coefficient (Wildman–Crippen LogP) is 2.04. The first-order valence-electron chi connectivity index (χ1n) is 7.22. The van der Waals surface area contributed by atoms with Gasteiger partial charge in [0.05, 0.1) is 11.0 Å². The number of rotatable bonds is 3. The first kappa shape index (κ1) is 16.3. The fourth-order valence-electron chi connectivity index (χ4n) is 2.98. The Kier molecular flexibility index (Phi) is 4.60. The molecule has 0 spiro atoms. The van der Waals surface area contributed by atoms with Crippen molar-refractivity contribution < 1.29 is 13.2 Å². The van der Waals surface area contributed by atoms with Crippen molar-refractivity contribution in [2.24, 2.45) is 0 Å². The van der Waals surface area contributed by atoms with Gasteiger partial charge in [0.1, 0.15) is 0 Å². The number of nitrogens with one attached hydrogen (secondary N) is 1. The number of benzene rings is 1. The summed E-state index contributed by atoms with van der Waals surface area (Å²) in [5, 5.41) is 0. The topological polar surface area (TPSA) is 81.4 Å². The lowest BCUT2D eigenvalue weighted by molar-refractivity contribution is 0.0173. The molecule has 21 heavy (non-hydrogen) atoms. The van der Waals surface area contributed by atoms with E-state index in [-0.39, 0.29) is 12.1 Å². The summed E-state index contributed by atoms with van der Waals surface area (Å²) in [7, 11) is -3.57. The van der Waals surface area contributed by atoms with Gasteiger partial charge in [-0.25, -0.2) is 13.1 Å². The van der Waals surface area contributed by atoms with Crippen molar-refractivity contribution >= 4 is 15.7 Å². The minimum atomic E-state index is -3.57. The molecule has 1 saturated heterocycles. The largest absolute Gasteiger partial charge is 0.398 e. The van der Waals surface area contributed by atoms with Crippen molar-refractivity contribution in [3.05, 3.63) is 22.8 Å². The molecule has 2 atom stereocenters. The van der Waals surface area contributed by atoms with E-state index in [4.69, 9.17) is 10.5 Å². The average molecular weight is 312 g/mol. The molecule has 5 nitrogen and oxygen atoms in total. The Morgan fingerprint density at radius 1 is 1.29 bits per heavy atom. The van der Waals surface area contributed by atoms with Gasteiger partial charge in [0, 0.05) is 18.3 Å². The third-order valence-electron chi connectivity index (χ3n) is 4.04. The van der Waals surface area contributed by atoms with Crippen LogP contribution >= 0.6 is 0 Å². The van der Waals surface area contributed by atoms with Gasteiger partial charge < -0.3 is 10.5 Å². The highest BCUT2D eigenvalue weighted by molar-refractivity contribution is 7.89. The molecule has 0 bridgehead atoms. The first-order chi connectivity index (χ1) is 9.72. The lowest BCUT2D eigenvalue weighted by atomic mass is 10.1. The van der Waals surface area contributed by atoms with Crippen LogP contribution in [0.4, 0.5) is 5.69 Å². The lowest BCUT2D eigenvalue weighted by Crippen LogP contribution is -2.41. The molecular formula is C15H24N2O3S. The van der Waals surface area contributed by atoms with Crippen LogP contribution in [-0.4, -0.2) is 27.2 Å². The molecule has 1 aromatic carbocycles. The van der Waals surface area contributed by atoms with Crippen LogP contribution < -0.4 is 10.5 Å². The molecule has 0 radical (unpaired) electrons. The summed E-state index contributed by atoms with van der Waals surface area (Å²) in [6, 6.07) is 1.74. The van der Waals surface area contributed by atoms with Gasteiger partial charge in [0.15, 0.2) is 0 Å². The predicted molar refractivity (Wildman–Crippen MR) is 83.8 cm³/mol. The quantitative estimate of drug-likeness (QED) is 0.837. The summed E-state index contributed by atoms with van der Waals surface area (Å²) < 4.78 is 33.7. The molecule has 3 N–H and O–H groups in total. The van der Waals surface area contributed by atoms with Crippen LogP contribution in [0.1, 0.15) is 36.5 Å². The summed E-state index contributed by atoms with van der Waals surface area (Å²) in [6.07, 6.45) is 1.47. The van der Waals surface area contributed by atoms with Gasteiger partial charge in [0.25, 0.3) is 0 Å². The number of hydrogen-bond acceptors (Lipinski definition) is 4. The fraction of sp³-hybridized carbons (Fsp3) is 0.600. The van der Waals surface area contributed by atoms with E-state index in [9.17, 15) is 8.42 Å². The van der Waals surface area contributed by atoms with Crippen molar-refractivity contribution in [2.45, 2.75) is 57.6 Å². The molecule has 0 aromatic heterocycles. The second-order valence-corrected chi connectivity index (χ2v) is 7.55. The number of anilines is 1. The highest BCUT2D eigenvalue weighted by Crippen LogP contribution is 2.28. The summed E-state index contributed by atoms with van der Waals surface area (Å²) in [6.45, 7) is 8.00. The maximum atomic E-state index is 12.7. The lowest BCUT2D eigenvalue weighted by Gasteiger charge is -2.28. The van der Waals surface area contributed by atoms with Crippen molar-refractivity contribution in [2.75, 3.05) is 12.3 Å². The van der Waals surface area contributed by atoms with E-state index in [1.807, 2.05) is 19.9 Å². The molecule has 0 saturated carbocycles. The Morgan fingerprint density at radius 2 is 1.95 bits per heavy atom. The molecule has 1 heterocycles. The van der Waals surface area contributed by atoms with E-state index in [1.165, 1.54) is 0 Å². The van der Waals surface area contributed by atoms with E-state index in [1.54, 1.807) is 13.8 Å². The van der Waals surface area contributed by atoms with Crippen LogP contribution in [0.3, 0.4) is 0 Å². The van der Waals surface area contributed by atoms with Crippen LogP contribution in [0.5, 0.6) is 0 Å². The molecule has 2 unspecified atom stereocenters. The second-order valence-electron chi connectivity index (χ2n) is 5.90. The molecule has 0 amide bonds. The standard InChI is InChI=1S/C15H24N2O3S/c1-9-7-10(2)15(12(4)14(9)16)21(18,19)17-13-5-6-20-11(3)8-13/h7,11,13,17H,5-6,8,16H2,1-4H3. The minimum Gasteiger partial charge on any atom is -0.398 e. The van der Waals surface area contributed by atoms with Gasteiger partial charge in [-0.05, 0) is 57.2 Å². The molecule has 1 aromatic rings. The maximum absolute atomic E-state index is 12.7. The highest BCUT2D eigenvalue weighted by Gasteiger charge is 2.28. The van der Waals surface area contributed by atoms with Crippen LogP contribution in [0.2, 0.25) is 0 Å². The van der Waals surface area contributed by atoms with Gasteiger partial charge in [-0.15, -0.1) is 0 Å². The van der Waals surface area contributed by atoms with Gasteiger partial charge >= 0.3 is 0 Å². The normalized spacial score (nSPS) is 23.2. The Bertz CT molecular complexity index is 641. The zero-order valence-electron chi connectivity index (χ0n) is 13.1. The molecule has 6 heteroatoms. The zero-order valence-corrected chi connectivity index (χ0v) is 13.9. The van der Waals surface area contributed by atoms with Gasteiger partial charge in [-0.3, -0.25) is 0 Å². The smallest absolute Gasteiger partial charge is 0.241 e. The molecule has 1 fully saturated rings. The van der Waals surface area contributed by atoms with Gasteiger partial charge in [-0.2, -0.15) is 0 Å². The van der Waals surface area contributed by atoms with Crippen molar-refractivity contribution in [1.29, 1.82) is 0 Å². The van der Waals surface area contributed by atoms with Crippen molar-refractivity contribution in [3.8, 4) is 0 Å². The third-order valence-corrected chi connectivity index (χ3v) is 5.85. The van der Waals surface area contributed by atoms with Gasteiger partial charge in [-0.1, -0.05) is 6.07 Å². The second kappa shape index (κ2) is 5.94. The number of ether oxygens (including phenoxy) is 1. The van der Waals surface area contributed by atoms with E-state index in [2.05, 4.69) is 4.72 Å². The SMILES string of the molecule is Cc1cc(C)c(S(=O)(=O)NC2CCOC(C)C2)c(C)c1N. The molecular weight excluding hydrogens is 288 g/mol. The molecule has 118 valence electrons.